The molecule has 0 aliphatic heterocycles. The van der Waals surface area contributed by atoms with E-state index in [0.29, 0.717) is 17.1 Å². The van der Waals surface area contributed by atoms with Crippen molar-refractivity contribution in [3.05, 3.63) is 120 Å². The average Bonchev–Trinajstić information content (AvgIpc) is 3.49. The Labute approximate surface area is 246 Å². The summed E-state index contributed by atoms with van der Waals surface area (Å²) in [6.07, 6.45) is 3.32. The highest BCUT2D eigenvalue weighted by atomic mass is 32.2. The summed E-state index contributed by atoms with van der Waals surface area (Å²) >= 11 is 1.47. The molecule has 0 fully saturated rings. The van der Waals surface area contributed by atoms with Crippen LogP contribution < -0.4 is 5.32 Å². The highest BCUT2D eigenvalue weighted by molar-refractivity contribution is 7.98. The number of pyridine rings is 1. The molecule has 0 bridgehead atoms. The first kappa shape index (κ1) is 28.7. The molecule has 0 aliphatic rings. The SMILES string of the molecule is O=C(C[C@@H](O)C=C(c1ccccc1)c1ccccc1)NC(Cc1cccc(CSc2ncnc3[nH]ncc23)n1)C(=O)O. The number of carboxylic acid groups (broad SMARTS) is 1. The number of aromatic amines is 1. The fraction of sp³-hybridized carbons (Fsp3) is 0.161. The summed E-state index contributed by atoms with van der Waals surface area (Å²) in [5, 5.41) is 31.5. The molecule has 2 aromatic carbocycles. The number of thioether (sulfide) groups is 1. The van der Waals surface area contributed by atoms with Gasteiger partial charge in [0.15, 0.2) is 5.65 Å². The third kappa shape index (κ3) is 7.45. The molecule has 5 aromatic rings. The molecular formula is C31H28N6O4S. The van der Waals surface area contributed by atoms with Crippen molar-refractivity contribution in [2.75, 3.05) is 0 Å². The van der Waals surface area contributed by atoms with Crippen LogP contribution in [0.2, 0.25) is 0 Å². The maximum atomic E-state index is 12.8. The lowest BCUT2D eigenvalue weighted by atomic mass is 9.96. The van der Waals surface area contributed by atoms with Crippen molar-refractivity contribution in [2.45, 2.75) is 35.8 Å². The van der Waals surface area contributed by atoms with Crippen molar-refractivity contribution in [3.8, 4) is 0 Å². The average molecular weight is 581 g/mol. The summed E-state index contributed by atoms with van der Waals surface area (Å²) in [5.74, 6) is -1.27. The molecule has 10 nitrogen and oxygen atoms in total. The number of aromatic nitrogens is 5. The van der Waals surface area contributed by atoms with E-state index in [1.807, 2.05) is 66.7 Å². The molecule has 0 saturated carbocycles. The quantitative estimate of drug-likeness (QED) is 0.126. The summed E-state index contributed by atoms with van der Waals surface area (Å²) in [6, 6.07) is 23.3. The van der Waals surface area contributed by atoms with Crippen LogP contribution in [0.1, 0.15) is 28.9 Å². The summed E-state index contributed by atoms with van der Waals surface area (Å²) in [4.78, 5) is 37.9. The maximum Gasteiger partial charge on any atom is 0.326 e. The first-order chi connectivity index (χ1) is 20.5. The van der Waals surface area contributed by atoms with E-state index in [1.165, 1.54) is 18.1 Å². The summed E-state index contributed by atoms with van der Waals surface area (Å²) < 4.78 is 0. The Hall–Kier alpha value is -4.87. The van der Waals surface area contributed by atoms with Crippen molar-refractivity contribution in [1.29, 1.82) is 0 Å². The predicted octanol–water partition coefficient (Wildman–Crippen LogP) is 4.04. The highest BCUT2D eigenvalue weighted by Crippen LogP contribution is 2.26. The van der Waals surface area contributed by atoms with E-state index in [0.717, 1.165) is 32.8 Å². The monoisotopic (exact) mass is 580 g/mol. The lowest BCUT2D eigenvalue weighted by Gasteiger charge is -2.16. The summed E-state index contributed by atoms with van der Waals surface area (Å²) in [6.45, 7) is 0. The Balaban J connectivity index is 1.22. The van der Waals surface area contributed by atoms with E-state index in [1.54, 1.807) is 24.4 Å². The molecule has 5 rings (SSSR count). The van der Waals surface area contributed by atoms with Crippen LogP contribution in [0.5, 0.6) is 0 Å². The minimum Gasteiger partial charge on any atom is -0.480 e. The van der Waals surface area contributed by atoms with Gasteiger partial charge in [0.05, 0.1) is 29.8 Å². The fourth-order valence-corrected chi connectivity index (χ4v) is 5.29. The first-order valence-corrected chi connectivity index (χ1v) is 14.2. The smallest absolute Gasteiger partial charge is 0.326 e. The van der Waals surface area contributed by atoms with Gasteiger partial charge < -0.3 is 15.5 Å². The minimum atomic E-state index is -1.21. The van der Waals surface area contributed by atoms with Crippen LogP contribution in [0, 0.1) is 0 Å². The number of carbonyl (C=O) groups excluding carboxylic acids is 1. The van der Waals surface area contributed by atoms with E-state index in [4.69, 9.17) is 0 Å². The van der Waals surface area contributed by atoms with Gasteiger partial charge in [0.1, 0.15) is 17.4 Å². The molecule has 1 amide bonds. The number of aliphatic hydroxyl groups excluding tert-OH is 1. The van der Waals surface area contributed by atoms with Gasteiger partial charge in [-0.25, -0.2) is 14.8 Å². The minimum absolute atomic E-state index is 0.00964. The number of nitrogens with zero attached hydrogens (tertiary/aromatic N) is 4. The number of nitrogens with one attached hydrogen (secondary N) is 2. The lowest BCUT2D eigenvalue weighted by Crippen LogP contribution is -2.43. The number of fused-ring (bicyclic) bond motifs is 1. The lowest BCUT2D eigenvalue weighted by molar-refractivity contribution is -0.142. The van der Waals surface area contributed by atoms with Crippen LogP contribution in [0.25, 0.3) is 16.6 Å². The van der Waals surface area contributed by atoms with Crippen molar-refractivity contribution in [1.82, 2.24) is 30.5 Å². The molecule has 0 spiro atoms. The second kappa shape index (κ2) is 13.7. The van der Waals surface area contributed by atoms with Gasteiger partial charge in [0.2, 0.25) is 5.91 Å². The Morgan fingerprint density at radius 1 is 0.929 bits per heavy atom. The third-order valence-electron chi connectivity index (χ3n) is 6.40. The van der Waals surface area contributed by atoms with Gasteiger partial charge >= 0.3 is 5.97 Å². The number of hydrogen-bond acceptors (Lipinski definition) is 8. The highest BCUT2D eigenvalue weighted by Gasteiger charge is 2.23. The van der Waals surface area contributed by atoms with E-state index in [9.17, 15) is 19.8 Å². The zero-order chi connectivity index (χ0) is 29.3. The number of rotatable bonds is 12. The molecular weight excluding hydrogens is 552 g/mol. The molecule has 42 heavy (non-hydrogen) atoms. The topological polar surface area (TPSA) is 154 Å². The molecule has 3 heterocycles. The van der Waals surface area contributed by atoms with Crippen LogP contribution in [0.4, 0.5) is 0 Å². The van der Waals surface area contributed by atoms with Gasteiger partial charge in [0, 0.05) is 17.9 Å². The number of H-pyrrole nitrogens is 1. The van der Waals surface area contributed by atoms with E-state index >= 15 is 0 Å². The number of carbonyl (C=O) groups is 2. The molecule has 0 aliphatic carbocycles. The van der Waals surface area contributed by atoms with Crippen LogP contribution in [-0.2, 0) is 21.8 Å². The number of benzene rings is 2. The van der Waals surface area contributed by atoms with Gasteiger partial charge in [-0.1, -0.05) is 78.5 Å². The summed E-state index contributed by atoms with van der Waals surface area (Å²) in [5.41, 5.74) is 4.46. The van der Waals surface area contributed by atoms with Crippen LogP contribution in [0.3, 0.4) is 0 Å². The molecule has 212 valence electrons. The number of amides is 1. The molecule has 1 unspecified atom stereocenters. The molecule has 0 saturated heterocycles. The third-order valence-corrected chi connectivity index (χ3v) is 7.44. The van der Waals surface area contributed by atoms with Gasteiger partial charge in [-0.3, -0.25) is 14.9 Å². The summed E-state index contributed by atoms with van der Waals surface area (Å²) in [7, 11) is 0. The largest absolute Gasteiger partial charge is 0.480 e. The van der Waals surface area contributed by atoms with Gasteiger partial charge in [0.25, 0.3) is 0 Å². The van der Waals surface area contributed by atoms with Gasteiger partial charge in [-0.05, 0) is 34.9 Å². The van der Waals surface area contributed by atoms with Crippen molar-refractivity contribution >= 4 is 40.2 Å². The molecule has 0 radical (unpaired) electrons. The van der Waals surface area contributed by atoms with Crippen molar-refractivity contribution in [3.63, 3.8) is 0 Å². The number of aliphatic hydroxyl groups is 1. The first-order valence-electron chi connectivity index (χ1n) is 13.2. The standard InChI is InChI=1S/C31H28N6O4S/c38-24(15-25(20-8-3-1-4-9-20)21-10-5-2-6-11-21)16-28(39)36-27(31(40)41)14-22-12-7-13-23(35-22)18-42-30-26-17-34-37-29(26)32-19-33-30/h1-13,15,17,19,24,27,38H,14,16,18H2,(H,36,39)(H,40,41)(H,32,33,34,37)/t24-,27?/m0/s1. The number of carboxylic acids is 1. The molecule has 11 heteroatoms. The number of aliphatic carboxylic acids is 1. The molecule has 3 aromatic heterocycles. The second-order valence-electron chi connectivity index (χ2n) is 9.47. The van der Waals surface area contributed by atoms with Gasteiger partial charge in [-0.15, -0.1) is 0 Å². The van der Waals surface area contributed by atoms with Crippen molar-refractivity contribution in [2.24, 2.45) is 0 Å². The van der Waals surface area contributed by atoms with Crippen LogP contribution >= 0.6 is 11.8 Å². The van der Waals surface area contributed by atoms with Crippen molar-refractivity contribution < 1.29 is 19.8 Å². The predicted molar refractivity (Wildman–Crippen MR) is 159 cm³/mol. The van der Waals surface area contributed by atoms with Gasteiger partial charge in [-0.2, -0.15) is 5.10 Å². The maximum absolute atomic E-state index is 12.8. The zero-order valence-corrected chi connectivity index (χ0v) is 23.2. The van der Waals surface area contributed by atoms with E-state index < -0.39 is 24.0 Å². The molecule has 4 N–H and O–H groups in total. The Morgan fingerprint density at radius 2 is 1.62 bits per heavy atom. The second-order valence-corrected chi connectivity index (χ2v) is 10.4. The number of hydrogen-bond donors (Lipinski definition) is 4. The van der Waals surface area contributed by atoms with E-state index in [2.05, 4.69) is 30.5 Å². The normalized spacial score (nSPS) is 12.4. The Bertz CT molecular complexity index is 1650. The Kier molecular flexibility index (Phi) is 9.32. The Morgan fingerprint density at radius 3 is 2.31 bits per heavy atom. The van der Waals surface area contributed by atoms with Crippen LogP contribution in [0.15, 0.2) is 102 Å². The fourth-order valence-electron chi connectivity index (χ4n) is 4.42. The van der Waals surface area contributed by atoms with E-state index in [-0.39, 0.29) is 12.8 Å². The van der Waals surface area contributed by atoms with Crippen LogP contribution in [-0.4, -0.2) is 59.4 Å². The molecule has 2 atom stereocenters. The zero-order valence-electron chi connectivity index (χ0n) is 22.4.